The van der Waals surface area contributed by atoms with Crippen LogP contribution in [0.15, 0.2) is 12.4 Å². The van der Waals surface area contributed by atoms with Crippen molar-refractivity contribution < 1.29 is 0 Å². The minimum Gasteiger partial charge on any atom is -0.352 e. The Labute approximate surface area is 116 Å². The first-order valence-corrected chi connectivity index (χ1v) is 7.49. The molecular weight excluding hydrogens is 236 g/mol. The molecule has 1 aromatic rings. The zero-order chi connectivity index (χ0) is 13.7. The van der Waals surface area contributed by atoms with Crippen molar-refractivity contribution in [3.63, 3.8) is 0 Å². The predicted molar refractivity (Wildman–Crippen MR) is 79.2 cm³/mol. The van der Waals surface area contributed by atoms with Gasteiger partial charge in [0.25, 0.3) is 0 Å². The Morgan fingerprint density at radius 1 is 1.37 bits per heavy atom. The van der Waals surface area contributed by atoms with E-state index in [2.05, 4.69) is 41.0 Å². The number of nitrogens with zero attached hydrogens (tertiary/aromatic N) is 3. The minimum absolute atomic E-state index is 0.652. The standard InChI is InChI=1S/C15H26N4/c1-4-14-6-5-7-19(14)15-11-17-13(10-18-15)9-16-8-12(2)3/h10-12,14,16H,4-9H2,1-3H3. The summed E-state index contributed by atoms with van der Waals surface area (Å²) in [6.45, 7) is 9.62. The summed E-state index contributed by atoms with van der Waals surface area (Å²) >= 11 is 0. The number of anilines is 1. The monoisotopic (exact) mass is 262 g/mol. The van der Waals surface area contributed by atoms with Gasteiger partial charge in [0, 0.05) is 19.1 Å². The molecule has 4 nitrogen and oxygen atoms in total. The third-order valence-electron chi connectivity index (χ3n) is 3.69. The fraction of sp³-hybridized carbons (Fsp3) is 0.733. The predicted octanol–water partition coefficient (Wildman–Crippen LogP) is 2.60. The highest BCUT2D eigenvalue weighted by molar-refractivity contribution is 5.38. The van der Waals surface area contributed by atoms with Gasteiger partial charge in [-0.1, -0.05) is 20.8 Å². The highest BCUT2D eigenvalue weighted by Gasteiger charge is 2.23. The molecule has 1 N–H and O–H groups in total. The lowest BCUT2D eigenvalue weighted by atomic mass is 10.2. The number of hydrogen-bond acceptors (Lipinski definition) is 4. The Balaban J connectivity index is 1.91. The molecule has 1 aliphatic rings. The van der Waals surface area contributed by atoms with E-state index in [1.807, 2.05) is 12.4 Å². The van der Waals surface area contributed by atoms with Crippen LogP contribution in [0.5, 0.6) is 0 Å². The lowest BCUT2D eigenvalue weighted by Gasteiger charge is -2.24. The molecule has 1 aliphatic heterocycles. The molecule has 106 valence electrons. The van der Waals surface area contributed by atoms with Gasteiger partial charge in [0.05, 0.1) is 18.1 Å². The van der Waals surface area contributed by atoms with E-state index in [4.69, 9.17) is 0 Å². The van der Waals surface area contributed by atoms with Crippen LogP contribution in [0.1, 0.15) is 45.7 Å². The third kappa shape index (κ3) is 3.90. The molecule has 0 aliphatic carbocycles. The number of aromatic nitrogens is 2. The van der Waals surface area contributed by atoms with E-state index in [0.717, 1.165) is 31.1 Å². The second-order valence-corrected chi connectivity index (χ2v) is 5.79. The van der Waals surface area contributed by atoms with Gasteiger partial charge in [0.1, 0.15) is 5.82 Å². The molecule has 1 fully saturated rings. The van der Waals surface area contributed by atoms with E-state index in [0.29, 0.717) is 12.0 Å². The highest BCUT2D eigenvalue weighted by atomic mass is 15.2. The van der Waals surface area contributed by atoms with Crippen molar-refractivity contribution in [2.24, 2.45) is 5.92 Å². The zero-order valence-corrected chi connectivity index (χ0v) is 12.4. The van der Waals surface area contributed by atoms with Gasteiger partial charge in [-0.05, 0) is 31.7 Å². The fourth-order valence-electron chi connectivity index (χ4n) is 2.64. The van der Waals surface area contributed by atoms with Gasteiger partial charge in [-0.3, -0.25) is 4.98 Å². The summed E-state index contributed by atoms with van der Waals surface area (Å²) in [5.74, 6) is 1.71. The van der Waals surface area contributed by atoms with Crippen LogP contribution >= 0.6 is 0 Å². The van der Waals surface area contributed by atoms with Gasteiger partial charge in [0.2, 0.25) is 0 Å². The maximum Gasteiger partial charge on any atom is 0.147 e. The topological polar surface area (TPSA) is 41.1 Å². The van der Waals surface area contributed by atoms with Crippen molar-refractivity contribution >= 4 is 5.82 Å². The van der Waals surface area contributed by atoms with Crippen molar-refractivity contribution in [1.29, 1.82) is 0 Å². The van der Waals surface area contributed by atoms with Gasteiger partial charge < -0.3 is 10.2 Å². The summed E-state index contributed by atoms with van der Waals surface area (Å²) in [6, 6.07) is 0.652. The molecule has 2 heterocycles. The molecule has 1 atom stereocenters. The molecule has 1 aromatic heterocycles. The van der Waals surface area contributed by atoms with Crippen LogP contribution in [0.4, 0.5) is 5.82 Å². The van der Waals surface area contributed by atoms with Crippen molar-refractivity contribution in [3.05, 3.63) is 18.1 Å². The molecule has 0 aromatic carbocycles. The van der Waals surface area contributed by atoms with E-state index < -0.39 is 0 Å². The summed E-state index contributed by atoms with van der Waals surface area (Å²) in [5.41, 5.74) is 1.02. The van der Waals surface area contributed by atoms with Gasteiger partial charge in [-0.25, -0.2) is 4.98 Å². The largest absolute Gasteiger partial charge is 0.352 e. The lowest BCUT2D eigenvalue weighted by molar-refractivity contribution is 0.547. The quantitative estimate of drug-likeness (QED) is 0.855. The molecule has 0 amide bonds. The van der Waals surface area contributed by atoms with E-state index >= 15 is 0 Å². The molecule has 0 radical (unpaired) electrons. The third-order valence-corrected chi connectivity index (χ3v) is 3.69. The van der Waals surface area contributed by atoms with E-state index in [1.54, 1.807) is 0 Å². The average Bonchev–Trinajstić information content (AvgIpc) is 2.87. The van der Waals surface area contributed by atoms with Crippen molar-refractivity contribution in [3.8, 4) is 0 Å². The molecular formula is C15H26N4. The van der Waals surface area contributed by atoms with Crippen LogP contribution in [0.3, 0.4) is 0 Å². The van der Waals surface area contributed by atoms with Gasteiger partial charge >= 0.3 is 0 Å². The smallest absolute Gasteiger partial charge is 0.147 e. The van der Waals surface area contributed by atoms with Crippen LogP contribution in [0.2, 0.25) is 0 Å². The van der Waals surface area contributed by atoms with Crippen molar-refractivity contribution in [1.82, 2.24) is 15.3 Å². The van der Waals surface area contributed by atoms with Crippen LogP contribution < -0.4 is 10.2 Å². The summed E-state index contributed by atoms with van der Waals surface area (Å²) in [6.07, 6.45) is 7.60. The van der Waals surface area contributed by atoms with Crippen LogP contribution in [0.25, 0.3) is 0 Å². The SMILES string of the molecule is CCC1CCCN1c1cnc(CNCC(C)C)cn1. The molecule has 4 heteroatoms. The molecule has 1 saturated heterocycles. The maximum atomic E-state index is 4.58. The Morgan fingerprint density at radius 3 is 2.84 bits per heavy atom. The van der Waals surface area contributed by atoms with E-state index in [-0.39, 0.29) is 0 Å². The van der Waals surface area contributed by atoms with Crippen molar-refractivity contribution in [2.75, 3.05) is 18.0 Å². The molecule has 0 spiro atoms. The summed E-state index contributed by atoms with van der Waals surface area (Å²) in [4.78, 5) is 11.5. The Kier molecular flexibility index (Phi) is 5.14. The maximum absolute atomic E-state index is 4.58. The summed E-state index contributed by atoms with van der Waals surface area (Å²) in [5, 5.41) is 3.39. The number of rotatable bonds is 6. The molecule has 19 heavy (non-hydrogen) atoms. The fourth-order valence-corrected chi connectivity index (χ4v) is 2.64. The Hall–Kier alpha value is -1.16. The lowest BCUT2D eigenvalue weighted by Crippen LogP contribution is -2.29. The molecule has 2 rings (SSSR count). The minimum atomic E-state index is 0.652. The van der Waals surface area contributed by atoms with E-state index in [1.165, 1.54) is 19.3 Å². The van der Waals surface area contributed by atoms with Crippen LogP contribution in [-0.2, 0) is 6.54 Å². The number of hydrogen-bond donors (Lipinski definition) is 1. The normalized spacial score (nSPS) is 19.4. The Morgan fingerprint density at radius 2 is 2.21 bits per heavy atom. The Bertz CT molecular complexity index is 374. The van der Waals surface area contributed by atoms with Crippen molar-refractivity contribution in [2.45, 2.75) is 52.6 Å². The molecule has 1 unspecified atom stereocenters. The highest BCUT2D eigenvalue weighted by Crippen LogP contribution is 2.24. The van der Waals surface area contributed by atoms with Gasteiger partial charge in [0.15, 0.2) is 0 Å². The van der Waals surface area contributed by atoms with E-state index in [9.17, 15) is 0 Å². The molecule has 0 bridgehead atoms. The second kappa shape index (κ2) is 6.85. The first-order chi connectivity index (χ1) is 9.20. The first-order valence-electron chi connectivity index (χ1n) is 7.49. The van der Waals surface area contributed by atoms with Gasteiger partial charge in [-0.15, -0.1) is 0 Å². The van der Waals surface area contributed by atoms with Gasteiger partial charge in [-0.2, -0.15) is 0 Å². The summed E-state index contributed by atoms with van der Waals surface area (Å²) in [7, 11) is 0. The average molecular weight is 262 g/mol. The van der Waals surface area contributed by atoms with Crippen LogP contribution in [-0.4, -0.2) is 29.1 Å². The first kappa shape index (κ1) is 14.3. The van der Waals surface area contributed by atoms with Crippen LogP contribution in [0, 0.1) is 5.92 Å². The zero-order valence-electron chi connectivity index (χ0n) is 12.4. The summed E-state index contributed by atoms with van der Waals surface area (Å²) < 4.78 is 0. The number of nitrogens with one attached hydrogen (secondary N) is 1. The second-order valence-electron chi connectivity index (χ2n) is 5.79. The molecule has 0 saturated carbocycles.